The van der Waals surface area contributed by atoms with Crippen molar-refractivity contribution >= 4 is 26.6 Å². The lowest BCUT2D eigenvalue weighted by molar-refractivity contribution is 0.416. The minimum absolute atomic E-state index is 0.0558. The van der Waals surface area contributed by atoms with E-state index in [0.29, 0.717) is 11.9 Å². The van der Waals surface area contributed by atoms with Crippen LogP contribution in [0.4, 0.5) is 5.69 Å². The summed E-state index contributed by atoms with van der Waals surface area (Å²) >= 11 is 0. The van der Waals surface area contributed by atoms with Gasteiger partial charge in [0.2, 0.25) is 5.88 Å². The summed E-state index contributed by atoms with van der Waals surface area (Å²) in [7, 11) is -3.92. The molecule has 0 aliphatic carbocycles. The number of aryl methyl sites for hydroxylation is 1. The monoisotopic (exact) mass is 385 g/mol. The Morgan fingerprint density at radius 1 is 0.963 bits per heavy atom. The molecule has 0 radical (unpaired) electrons. The first-order valence-electron chi connectivity index (χ1n) is 9.08. The lowest BCUT2D eigenvalue weighted by atomic mass is 10.2. The van der Waals surface area contributed by atoms with E-state index in [2.05, 4.69) is 16.6 Å². The predicted molar refractivity (Wildman–Crippen MR) is 106 cm³/mol. The van der Waals surface area contributed by atoms with Crippen molar-refractivity contribution < 1.29 is 13.5 Å². The molecule has 6 nitrogen and oxygen atoms in total. The minimum atomic E-state index is -3.92. The first kappa shape index (κ1) is 19.1. The first-order valence-corrected chi connectivity index (χ1v) is 10.5. The molecule has 0 aliphatic rings. The van der Waals surface area contributed by atoms with Crippen LogP contribution < -0.4 is 0 Å². The summed E-state index contributed by atoms with van der Waals surface area (Å²) in [6.07, 6.45) is 4.28. The van der Waals surface area contributed by atoms with Gasteiger partial charge >= 0.3 is 0 Å². The van der Waals surface area contributed by atoms with Gasteiger partial charge in [0.15, 0.2) is 5.69 Å². The summed E-state index contributed by atoms with van der Waals surface area (Å²) in [5, 5.41) is 15.2. The molecule has 0 spiro atoms. The van der Waals surface area contributed by atoms with E-state index in [1.165, 1.54) is 12.1 Å². The van der Waals surface area contributed by atoms with E-state index in [4.69, 9.17) is 0 Å². The maximum absolute atomic E-state index is 12.4. The Bertz CT molecular complexity index is 1040. The van der Waals surface area contributed by atoms with Gasteiger partial charge in [0.1, 0.15) is 0 Å². The highest BCUT2D eigenvalue weighted by Gasteiger charge is 2.18. The van der Waals surface area contributed by atoms with Crippen LogP contribution in [0.3, 0.4) is 0 Å². The Hall–Kier alpha value is -2.67. The highest BCUT2D eigenvalue weighted by atomic mass is 32.2. The highest BCUT2D eigenvalue weighted by Crippen LogP contribution is 2.39. The quantitative estimate of drug-likeness (QED) is 0.416. The van der Waals surface area contributed by atoms with E-state index < -0.39 is 10.0 Å². The number of hydrogen-bond acceptors (Lipinski definition) is 4. The van der Waals surface area contributed by atoms with Gasteiger partial charge in [0.25, 0.3) is 10.0 Å². The highest BCUT2D eigenvalue weighted by molar-refractivity contribution is 7.90. The van der Waals surface area contributed by atoms with E-state index >= 15 is 0 Å². The van der Waals surface area contributed by atoms with E-state index in [1.54, 1.807) is 28.8 Å². The molecule has 0 unspecified atom stereocenters. The second-order valence-electron chi connectivity index (χ2n) is 6.37. The van der Waals surface area contributed by atoms with Crippen LogP contribution in [0.15, 0.2) is 69.1 Å². The maximum atomic E-state index is 12.4. The van der Waals surface area contributed by atoms with Gasteiger partial charge in [-0.1, -0.05) is 67.1 Å². The van der Waals surface area contributed by atoms with Gasteiger partial charge in [0.05, 0.1) is 10.4 Å². The zero-order valence-corrected chi connectivity index (χ0v) is 16.1. The molecular formula is C20H23N3O3S. The van der Waals surface area contributed by atoms with Crippen molar-refractivity contribution in [3.8, 4) is 5.88 Å². The van der Waals surface area contributed by atoms with Crippen molar-refractivity contribution in [2.45, 2.75) is 44.0 Å². The second-order valence-corrected chi connectivity index (χ2v) is 7.96. The van der Waals surface area contributed by atoms with E-state index in [0.717, 1.165) is 31.2 Å². The number of hydrogen-bond donors (Lipinski definition) is 1. The zero-order chi connectivity index (χ0) is 19.3. The molecular weight excluding hydrogens is 362 g/mol. The van der Waals surface area contributed by atoms with Crippen molar-refractivity contribution in [1.29, 1.82) is 0 Å². The van der Waals surface area contributed by atoms with Crippen LogP contribution in [0.5, 0.6) is 5.88 Å². The van der Waals surface area contributed by atoms with Crippen LogP contribution in [0.1, 0.15) is 32.6 Å². The average molecular weight is 385 g/mol. The molecule has 0 saturated heterocycles. The molecule has 2 aromatic carbocycles. The van der Waals surface area contributed by atoms with Crippen molar-refractivity contribution in [2.24, 2.45) is 9.63 Å². The fraction of sp³-hybridized carbons (Fsp3) is 0.300. The normalized spacial score (nSPS) is 12.2. The van der Waals surface area contributed by atoms with Crippen LogP contribution in [0, 0.1) is 0 Å². The van der Waals surface area contributed by atoms with Crippen molar-refractivity contribution in [3.05, 3.63) is 54.6 Å². The molecule has 0 aliphatic heterocycles. The number of rotatable bonds is 8. The van der Waals surface area contributed by atoms with Gasteiger partial charge in [-0.05, 0) is 24.6 Å². The summed E-state index contributed by atoms with van der Waals surface area (Å²) in [6.45, 7) is 2.79. The fourth-order valence-corrected chi connectivity index (χ4v) is 3.81. The summed E-state index contributed by atoms with van der Waals surface area (Å²) in [5.74, 6) is -0.0558. The Morgan fingerprint density at radius 2 is 1.67 bits per heavy atom. The van der Waals surface area contributed by atoms with Gasteiger partial charge in [-0.2, -0.15) is 8.42 Å². The molecule has 7 heteroatoms. The van der Waals surface area contributed by atoms with Crippen LogP contribution in [0.2, 0.25) is 0 Å². The molecule has 1 aromatic heterocycles. The lowest BCUT2D eigenvalue weighted by Crippen LogP contribution is -1.97. The SMILES string of the molecule is CCCCCCn1c(O)c(N=NS(=O)(=O)c2ccccc2)c2ccccc21. The molecule has 0 atom stereocenters. The van der Waals surface area contributed by atoms with E-state index in [9.17, 15) is 13.5 Å². The summed E-state index contributed by atoms with van der Waals surface area (Å²) in [4.78, 5) is 0.0662. The van der Waals surface area contributed by atoms with Crippen molar-refractivity contribution in [1.82, 2.24) is 4.57 Å². The summed E-state index contributed by atoms with van der Waals surface area (Å²) < 4.78 is 30.0. The van der Waals surface area contributed by atoms with Crippen molar-refractivity contribution in [3.63, 3.8) is 0 Å². The number of unbranched alkanes of at least 4 members (excludes halogenated alkanes) is 3. The number of para-hydroxylation sites is 1. The van der Waals surface area contributed by atoms with Gasteiger partial charge < -0.3 is 9.67 Å². The first-order chi connectivity index (χ1) is 13.0. The standard InChI is InChI=1S/C20H23N3O3S/c1-2-3-4-10-15-23-18-14-9-8-13-17(18)19(20(23)24)21-22-27(25,26)16-11-6-5-7-12-16/h5-9,11-14,24H,2-4,10,15H2,1H3. The van der Waals surface area contributed by atoms with Gasteiger partial charge in [-0.15, -0.1) is 5.11 Å². The number of aromatic nitrogens is 1. The third-order valence-electron chi connectivity index (χ3n) is 4.44. The number of aromatic hydroxyl groups is 1. The molecule has 0 saturated carbocycles. The fourth-order valence-electron chi connectivity index (χ4n) is 3.03. The minimum Gasteiger partial charge on any atom is -0.493 e. The molecule has 0 amide bonds. The lowest BCUT2D eigenvalue weighted by Gasteiger charge is -2.06. The van der Waals surface area contributed by atoms with Crippen LogP contribution in [-0.4, -0.2) is 18.1 Å². The van der Waals surface area contributed by atoms with Crippen LogP contribution in [-0.2, 0) is 16.6 Å². The predicted octanol–water partition coefficient (Wildman–Crippen LogP) is 5.40. The molecule has 0 fully saturated rings. The van der Waals surface area contributed by atoms with Gasteiger partial charge in [0, 0.05) is 11.9 Å². The Labute approximate surface area is 159 Å². The third-order valence-corrected chi connectivity index (χ3v) is 5.61. The molecule has 142 valence electrons. The average Bonchev–Trinajstić information content (AvgIpc) is 2.95. The molecule has 1 N–H and O–H groups in total. The molecule has 1 heterocycles. The Morgan fingerprint density at radius 3 is 2.41 bits per heavy atom. The van der Waals surface area contributed by atoms with Crippen LogP contribution in [0.25, 0.3) is 10.9 Å². The van der Waals surface area contributed by atoms with Crippen molar-refractivity contribution in [2.75, 3.05) is 0 Å². The second kappa shape index (κ2) is 8.35. The molecule has 27 heavy (non-hydrogen) atoms. The maximum Gasteiger partial charge on any atom is 0.299 e. The summed E-state index contributed by atoms with van der Waals surface area (Å²) in [6, 6.07) is 15.3. The van der Waals surface area contributed by atoms with Gasteiger partial charge in [-0.3, -0.25) is 0 Å². The largest absolute Gasteiger partial charge is 0.493 e. The molecule has 3 rings (SSSR count). The number of fused-ring (bicyclic) bond motifs is 1. The Balaban J connectivity index is 1.96. The number of nitrogens with zero attached hydrogens (tertiary/aromatic N) is 3. The van der Waals surface area contributed by atoms with E-state index in [-0.39, 0.29) is 16.5 Å². The number of sulfonamides is 1. The summed E-state index contributed by atoms with van der Waals surface area (Å²) in [5.41, 5.74) is 0.998. The molecule has 0 bridgehead atoms. The van der Waals surface area contributed by atoms with Crippen LogP contribution >= 0.6 is 0 Å². The smallest absolute Gasteiger partial charge is 0.299 e. The zero-order valence-electron chi connectivity index (χ0n) is 15.2. The van der Waals surface area contributed by atoms with Gasteiger partial charge in [-0.25, -0.2) is 0 Å². The molecule has 3 aromatic rings. The topological polar surface area (TPSA) is 84.0 Å². The third kappa shape index (κ3) is 4.19. The number of benzene rings is 2. The Kier molecular flexibility index (Phi) is 5.91. The van der Waals surface area contributed by atoms with E-state index in [1.807, 2.05) is 18.2 Å².